The smallest absolute Gasteiger partial charge is 0.157 e. The van der Waals surface area contributed by atoms with Crippen LogP contribution in [0.15, 0.2) is 17.6 Å². The number of aliphatic hydroxyl groups excluding tert-OH is 3. The van der Waals surface area contributed by atoms with Gasteiger partial charge in [-0.05, 0) is 6.42 Å². The van der Waals surface area contributed by atoms with E-state index in [0.717, 1.165) is 5.17 Å². The lowest BCUT2D eigenvalue weighted by atomic mass is 9.81. The maximum Gasteiger partial charge on any atom is 0.157 e. The van der Waals surface area contributed by atoms with Crippen LogP contribution in [0.4, 0.5) is 0 Å². The molecule has 0 amide bonds. The number of rotatable bonds is 3. The van der Waals surface area contributed by atoms with E-state index in [-0.39, 0.29) is 23.8 Å². The third kappa shape index (κ3) is 2.49. The van der Waals surface area contributed by atoms with Crippen molar-refractivity contribution in [3.63, 3.8) is 0 Å². The molecule has 5 atom stereocenters. The van der Waals surface area contributed by atoms with Crippen LogP contribution in [0.5, 0.6) is 0 Å². The summed E-state index contributed by atoms with van der Waals surface area (Å²) in [6, 6.07) is -0.179. The first-order chi connectivity index (χ1) is 8.17. The zero-order valence-electron chi connectivity index (χ0n) is 9.49. The minimum atomic E-state index is -0.867. The Bertz CT molecular complexity index is 324. The van der Waals surface area contributed by atoms with Crippen molar-refractivity contribution in [2.45, 2.75) is 29.9 Å². The fourth-order valence-corrected chi connectivity index (χ4v) is 3.69. The van der Waals surface area contributed by atoms with E-state index in [9.17, 15) is 10.2 Å². The fourth-order valence-electron chi connectivity index (χ4n) is 2.33. The van der Waals surface area contributed by atoms with Crippen molar-refractivity contribution in [1.29, 1.82) is 0 Å². The zero-order chi connectivity index (χ0) is 12.4. The zero-order valence-corrected chi connectivity index (χ0v) is 10.3. The SMILES string of the molecule is C=CCN=C1NC2C(CC(CO)C(O)C2O)S1. The van der Waals surface area contributed by atoms with Gasteiger partial charge in [0.25, 0.3) is 0 Å². The Hall–Kier alpha value is -0.560. The first-order valence-corrected chi connectivity index (χ1v) is 6.61. The highest BCUT2D eigenvalue weighted by molar-refractivity contribution is 8.14. The Morgan fingerprint density at radius 3 is 2.88 bits per heavy atom. The summed E-state index contributed by atoms with van der Waals surface area (Å²) in [4.78, 5) is 4.27. The van der Waals surface area contributed by atoms with Gasteiger partial charge in [-0.2, -0.15) is 0 Å². The first-order valence-electron chi connectivity index (χ1n) is 5.73. The summed E-state index contributed by atoms with van der Waals surface area (Å²) < 4.78 is 0. The van der Waals surface area contributed by atoms with E-state index in [0.29, 0.717) is 13.0 Å². The van der Waals surface area contributed by atoms with Gasteiger partial charge in [0.1, 0.15) is 6.10 Å². The number of nitrogens with zero attached hydrogens (tertiary/aromatic N) is 1. The Balaban J connectivity index is 2.07. The molecular weight excluding hydrogens is 240 g/mol. The first kappa shape index (κ1) is 12.9. The van der Waals surface area contributed by atoms with Crippen LogP contribution in [0.2, 0.25) is 0 Å². The van der Waals surface area contributed by atoms with Gasteiger partial charge in [0.05, 0.1) is 18.7 Å². The molecule has 0 bridgehead atoms. The normalized spacial score (nSPS) is 43.2. The number of amidine groups is 1. The van der Waals surface area contributed by atoms with Gasteiger partial charge in [-0.1, -0.05) is 17.8 Å². The summed E-state index contributed by atoms with van der Waals surface area (Å²) in [5, 5.41) is 33.0. The molecule has 1 heterocycles. The topological polar surface area (TPSA) is 85.1 Å². The van der Waals surface area contributed by atoms with Gasteiger partial charge in [0.2, 0.25) is 0 Å². The molecule has 0 aromatic carbocycles. The molecule has 0 aromatic rings. The van der Waals surface area contributed by atoms with E-state index in [1.165, 1.54) is 0 Å². The van der Waals surface area contributed by atoms with Gasteiger partial charge in [-0.25, -0.2) is 0 Å². The van der Waals surface area contributed by atoms with Crippen LogP contribution in [-0.4, -0.2) is 57.1 Å². The largest absolute Gasteiger partial charge is 0.396 e. The molecule has 1 aliphatic carbocycles. The molecule has 0 spiro atoms. The van der Waals surface area contributed by atoms with E-state index >= 15 is 0 Å². The molecule has 2 rings (SSSR count). The summed E-state index contributed by atoms with van der Waals surface area (Å²) in [6.45, 7) is 4.04. The number of aliphatic hydroxyl groups is 3. The lowest BCUT2D eigenvalue weighted by Crippen LogP contribution is -2.56. The summed E-state index contributed by atoms with van der Waals surface area (Å²) in [6.07, 6.45) is 0.673. The summed E-state index contributed by atoms with van der Waals surface area (Å²) in [5.74, 6) is -0.251. The monoisotopic (exact) mass is 258 g/mol. The fraction of sp³-hybridized carbons (Fsp3) is 0.727. The maximum absolute atomic E-state index is 9.98. The second kappa shape index (κ2) is 5.39. The van der Waals surface area contributed by atoms with Crippen LogP contribution in [-0.2, 0) is 0 Å². The minimum Gasteiger partial charge on any atom is -0.396 e. The predicted octanol–water partition coefficient (Wildman–Crippen LogP) is -0.664. The minimum absolute atomic E-state index is 0.0961. The molecule has 0 radical (unpaired) electrons. The Morgan fingerprint density at radius 2 is 2.24 bits per heavy atom. The molecule has 6 heteroatoms. The molecule has 0 aromatic heterocycles. The summed E-state index contributed by atoms with van der Waals surface area (Å²) in [7, 11) is 0. The summed E-state index contributed by atoms with van der Waals surface area (Å²) in [5.41, 5.74) is 0. The molecule has 1 aliphatic heterocycles. The molecular formula is C11H18N2O3S. The number of thioether (sulfide) groups is 1. The van der Waals surface area contributed by atoms with Crippen molar-refractivity contribution in [1.82, 2.24) is 5.32 Å². The Kier molecular flexibility index (Phi) is 4.09. The van der Waals surface area contributed by atoms with E-state index < -0.39 is 12.2 Å². The molecule has 5 nitrogen and oxygen atoms in total. The van der Waals surface area contributed by atoms with Crippen molar-refractivity contribution >= 4 is 16.9 Å². The number of nitrogens with one attached hydrogen (secondary N) is 1. The number of hydrogen-bond acceptors (Lipinski definition) is 5. The van der Waals surface area contributed by atoms with Gasteiger partial charge >= 0.3 is 0 Å². The number of hydrogen-bond donors (Lipinski definition) is 4. The van der Waals surface area contributed by atoms with Gasteiger partial charge in [0, 0.05) is 17.8 Å². The maximum atomic E-state index is 9.98. The van der Waals surface area contributed by atoms with Crippen LogP contribution in [0.3, 0.4) is 0 Å². The van der Waals surface area contributed by atoms with E-state index in [1.807, 2.05) is 0 Å². The van der Waals surface area contributed by atoms with Crippen LogP contribution < -0.4 is 5.32 Å². The van der Waals surface area contributed by atoms with Crippen molar-refractivity contribution in [3.8, 4) is 0 Å². The molecule has 17 heavy (non-hydrogen) atoms. The molecule has 5 unspecified atom stereocenters. The Labute approximate surface area is 105 Å². The lowest BCUT2D eigenvalue weighted by molar-refractivity contribution is -0.0680. The van der Waals surface area contributed by atoms with Gasteiger partial charge in [0.15, 0.2) is 5.17 Å². The van der Waals surface area contributed by atoms with Gasteiger partial charge < -0.3 is 20.6 Å². The van der Waals surface area contributed by atoms with Crippen LogP contribution in [0, 0.1) is 5.92 Å². The molecule has 1 saturated heterocycles. The molecule has 2 fully saturated rings. The van der Waals surface area contributed by atoms with Crippen molar-refractivity contribution in [3.05, 3.63) is 12.7 Å². The quantitative estimate of drug-likeness (QED) is 0.505. The molecule has 1 saturated carbocycles. The van der Waals surface area contributed by atoms with Gasteiger partial charge in [-0.3, -0.25) is 4.99 Å². The van der Waals surface area contributed by atoms with Crippen molar-refractivity contribution in [2.75, 3.05) is 13.2 Å². The second-order valence-electron chi connectivity index (χ2n) is 4.42. The van der Waals surface area contributed by atoms with Crippen molar-refractivity contribution < 1.29 is 15.3 Å². The second-order valence-corrected chi connectivity index (χ2v) is 5.65. The van der Waals surface area contributed by atoms with Crippen LogP contribution >= 0.6 is 11.8 Å². The van der Waals surface area contributed by atoms with E-state index in [4.69, 9.17) is 5.11 Å². The number of aliphatic imine (C=N–C) groups is 1. The molecule has 2 aliphatic rings. The highest BCUT2D eigenvalue weighted by Gasteiger charge is 2.47. The molecule has 96 valence electrons. The third-order valence-corrected chi connectivity index (χ3v) is 4.55. The van der Waals surface area contributed by atoms with E-state index in [1.54, 1.807) is 17.8 Å². The van der Waals surface area contributed by atoms with Crippen molar-refractivity contribution in [2.24, 2.45) is 10.9 Å². The summed E-state index contributed by atoms with van der Waals surface area (Å²) >= 11 is 1.57. The standard InChI is InChI=1S/C11H18N2O3S/c1-2-3-12-11-13-8-7(17-11)4-6(5-14)9(15)10(8)16/h2,6-10,14-16H,1,3-5H2,(H,12,13). The molecule has 4 N–H and O–H groups in total. The Morgan fingerprint density at radius 1 is 1.47 bits per heavy atom. The van der Waals surface area contributed by atoms with Crippen LogP contribution in [0.1, 0.15) is 6.42 Å². The highest BCUT2D eigenvalue weighted by Crippen LogP contribution is 2.37. The lowest BCUT2D eigenvalue weighted by Gasteiger charge is -2.37. The van der Waals surface area contributed by atoms with Gasteiger partial charge in [-0.15, -0.1) is 6.58 Å². The van der Waals surface area contributed by atoms with E-state index in [2.05, 4.69) is 16.9 Å². The van der Waals surface area contributed by atoms with Crippen LogP contribution in [0.25, 0.3) is 0 Å². The predicted molar refractivity (Wildman–Crippen MR) is 68.0 cm³/mol. The third-order valence-electron chi connectivity index (χ3n) is 3.29. The highest BCUT2D eigenvalue weighted by atomic mass is 32.2. The average Bonchev–Trinajstić information content (AvgIpc) is 2.74. The number of fused-ring (bicyclic) bond motifs is 1. The average molecular weight is 258 g/mol.